The van der Waals surface area contributed by atoms with Crippen LogP contribution in [-0.2, 0) is 6.42 Å². The maximum atomic E-state index is 6.25. The van der Waals surface area contributed by atoms with E-state index in [4.69, 9.17) is 9.47 Å². The van der Waals surface area contributed by atoms with Crippen molar-refractivity contribution in [2.75, 3.05) is 41.3 Å². The van der Waals surface area contributed by atoms with Crippen molar-refractivity contribution in [3.8, 4) is 11.5 Å². The van der Waals surface area contributed by atoms with Crippen LogP contribution < -0.4 is 9.47 Å². The van der Waals surface area contributed by atoms with Gasteiger partial charge in [-0.25, -0.2) is 0 Å². The molecular formula is C27H42N2O2. The van der Waals surface area contributed by atoms with Crippen LogP contribution in [0.4, 0.5) is 0 Å². The highest BCUT2D eigenvalue weighted by Gasteiger charge is 2.14. The van der Waals surface area contributed by atoms with E-state index in [0.717, 1.165) is 31.0 Å². The molecule has 0 amide bonds. The molecule has 0 aliphatic heterocycles. The summed E-state index contributed by atoms with van der Waals surface area (Å²) in [7, 11) is 8.30. The predicted octanol–water partition coefficient (Wildman–Crippen LogP) is 5.17. The molecule has 2 aromatic rings. The number of benzene rings is 2. The fourth-order valence-corrected chi connectivity index (χ4v) is 4.40. The first-order valence-corrected chi connectivity index (χ1v) is 11.3. The summed E-state index contributed by atoms with van der Waals surface area (Å²) >= 11 is 0. The Balaban J connectivity index is 2.17. The van der Waals surface area contributed by atoms with Gasteiger partial charge < -0.3 is 19.3 Å². The van der Waals surface area contributed by atoms with E-state index in [1.54, 1.807) is 0 Å². The quantitative estimate of drug-likeness (QED) is 0.523. The number of likely N-dealkylation sites (N-methyl/N-ethyl adjacent to an activating group) is 2. The minimum atomic E-state index is 0.158. The van der Waals surface area contributed by atoms with E-state index in [1.165, 1.54) is 33.4 Å². The second-order valence-corrected chi connectivity index (χ2v) is 9.68. The van der Waals surface area contributed by atoms with Crippen molar-refractivity contribution in [2.24, 2.45) is 0 Å². The molecule has 0 fully saturated rings. The summed E-state index contributed by atoms with van der Waals surface area (Å²) in [5.74, 6) is 2.04. The molecule has 2 atom stereocenters. The lowest BCUT2D eigenvalue weighted by Gasteiger charge is -2.22. The fraction of sp³-hybridized carbons (Fsp3) is 0.556. The molecule has 0 aliphatic rings. The fourth-order valence-electron chi connectivity index (χ4n) is 4.40. The van der Waals surface area contributed by atoms with Crippen molar-refractivity contribution in [3.63, 3.8) is 0 Å². The van der Waals surface area contributed by atoms with Gasteiger partial charge in [0.05, 0.1) is 0 Å². The third kappa shape index (κ3) is 7.55. The highest BCUT2D eigenvalue weighted by atomic mass is 16.5. The molecular weight excluding hydrogens is 384 g/mol. The first-order valence-electron chi connectivity index (χ1n) is 11.3. The van der Waals surface area contributed by atoms with Crippen molar-refractivity contribution in [2.45, 2.75) is 60.2 Å². The molecule has 0 N–H and O–H groups in total. The van der Waals surface area contributed by atoms with Gasteiger partial charge in [-0.3, -0.25) is 0 Å². The summed E-state index contributed by atoms with van der Waals surface area (Å²) in [4.78, 5) is 4.31. The van der Waals surface area contributed by atoms with Crippen LogP contribution in [0.15, 0.2) is 24.3 Å². The van der Waals surface area contributed by atoms with Crippen molar-refractivity contribution < 1.29 is 9.47 Å². The molecule has 0 aliphatic carbocycles. The van der Waals surface area contributed by atoms with E-state index in [9.17, 15) is 0 Å². The monoisotopic (exact) mass is 426 g/mol. The van der Waals surface area contributed by atoms with Gasteiger partial charge in [-0.2, -0.15) is 0 Å². The molecule has 2 aromatic carbocycles. The lowest BCUT2D eigenvalue weighted by atomic mass is 9.97. The third-order valence-corrected chi connectivity index (χ3v) is 5.33. The molecule has 0 saturated carbocycles. The van der Waals surface area contributed by atoms with Crippen LogP contribution in [0.5, 0.6) is 11.5 Å². The summed E-state index contributed by atoms with van der Waals surface area (Å²) in [5, 5.41) is 0. The van der Waals surface area contributed by atoms with Crippen molar-refractivity contribution in [1.29, 1.82) is 0 Å². The molecule has 0 radical (unpaired) electrons. The Kier molecular flexibility index (Phi) is 8.96. The molecule has 31 heavy (non-hydrogen) atoms. The van der Waals surface area contributed by atoms with Crippen LogP contribution in [-0.4, -0.2) is 63.3 Å². The molecule has 0 spiro atoms. The Morgan fingerprint density at radius 2 is 0.903 bits per heavy atom. The van der Waals surface area contributed by atoms with Gasteiger partial charge in [0.15, 0.2) is 0 Å². The number of hydrogen-bond donors (Lipinski definition) is 0. The average Bonchev–Trinajstić information content (AvgIpc) is 2.60. The second kappa shape index (κ2) is 11.0. The Bertz CT molecular complexity index is 756. The zero-order chi connectivity index (χ0) is 23.3. The van der Waals surface area contributed by atoms with Gasteiger partial charge in [0.25, 0.3) is 0 Å². The summed E-state index contributed by atoms with van der Waals surface area (Å²) < 4.78 is 12.5. The molecule has 172 valence electrons. The topological polar surface area (TPSA) is 24.9 Å². The van der Waals surface area contributed by atoms with E-state index in [0.29, 0.717) is 0 Å². The second-order valence-electron chi connectivity index (χ2n) is 9.68. The largest absolute Gasteiger partial charge is 0.489 e. The predicted molar refractivity (Wildman–Crippen MR) is 132 cm³/mol. The first kappa shape index (κ1) is 25.2. The van der Waals surface area contributed by atoms with Gasteiger partial charge >= 0.3 is 0 Å². The summed E-state index contributed by atoms with van der Waals surface area (Å²) in [6.07, 6.45) is 1.22. The van der Waals surface area contributed by atoms with Crippen LogP contribution in [0.2, 0.25) is 0 Å². The molecule has 4 heteroatoms. The van der Waals surface area contributed by atoms with Crippen molar-refractivity contribution in [3.05, 3.63) is 57.6 Å². The average molecular weight is 427 g/mol. The zero-order valence-electron chi connectivity index (χ0n) is 21.3. The Morgan fingerprint density at radius 1 is 0.613 bits per heavy atom. The molecule has 0 bridgehead atoms. The van der Waals surface area contributed by atoms with Gasteiger partial charge in [0.2, 0.25) is 0 Å². The van der Waals surface area contributed by atoms with Gasteiger partial charge in [-0.05, 0) is 110 Å². The molecule has 0 heterocycles. The van der Waals surface area contributed by atoms with E-state index in [1.807, 2.05) is 0 Å². The minimum Gasteiger partial charge on any atom is -0.489 e. The van der Waals surface area contributed by atoms with Crippen LogP contribution in [0.25, 0.3) is 0 Å². The zero-order valence-corrected chi connectivity index (χ0v) is 21.3. The van der Waals surface area contributed by atoms with Gasteiger partial charge in [-0.1, -0.05) is 24.3 Å². The first-order chi connectivity index (χ1) is 14.5. The lowest BCUT2D eigenvalue weighted by molar-refractivity contribution is 0.174. The normalized spacial score (nSPS) is 13.5. The minimum absolute atomic E-state index is 0.158. The van der Waals surface area contributed by atoms with E-state index >= 15 is 0 Å². The molecule has 0 saturated heterocycles. The number of aryl methyl sites for hydroxylation is 4. The summed E-state index contributed by atoms with van der Waals surface area (Å²) in [6.45, 7) is 14.6. The van der Waals surface area contributed by atoms with Gasteiger partial charge in [-0.15, -0.1) is 0 Å². The number of hydrogen-bond acceptors (Lipinski definition) is 4. The van der Waals surface area contributed by atoms with Crippen molar-refractivity contribution in [1.82, 2.24) is 9.80 Å². The van der Waals surface area contributed by atoms with E-state index in [-0.39, 0.29) is 12.2 Å². The van der Waals surface area contributed by atoms with Crippen LogP contribution in [0.3, 0.4) is 0 Å². The number of rotatable bonds is 10. The van der Waals surface area contributed by atoms with Crippen molar-refractivity contribution >= 4 is 0 Å². The Hall–Kier alpha value is -2.04. The number of ether oxygens (including phenoxy) is 2. The molecule has 2 unspecified atom stereocenters. The third-order valence-electron chi connectivity index (χ3n) is 5.33. The van der Waals surface area contributed by atoms with Crippen LogP contribution in [0, 0.1) is 27.7 Å². The maximum Gasteiger partial charge on any atom is 0.125 e. The smallest absolute Gasteiger partial charge is 0.125 e. The lowest BCUT2D eigenvalue weighted by Crippen LogP contribution is -2.28. The Morgan fingerprint density at radius 3 is 1.16 bits per heavy atom. The van der Waals surface area contributed by atoms with Gasteiger partial charge in [0, 0.05) is 13.1 Å². The Labute approximate surface area is 190 Å². The molecule has 0 aromatic heterocycles. The van der Waals surface area contributed by atoms with Crippen LogP contribution in [0.1, 0.15) is 47.2 Å². The summed E-state index contributed by atoms with van der Waals surface area (Å²) in [6, 6.07) is 9.05. The van der Waals surface area contributed by atoms with E-state index < -0.39 is 0 Å². The van der Waals surface area contributed by atoms with Crippen LogP contribution >= 0.6 is 0 Å². The summed E-state index contributed by atoms with van der Waals surface area (Å²) in [5.41, 5.74) is 7.43. The highest BCUT2D eigenvalue weighted by Crippen LogP contribution is 2.30. The highest BCUT2D eigenvalue weighted by molar-refractivity contribution is 5.47. The van der Waals surface area contributed by atoms with E-state index in [2.05, 4.69) is 104 Å². The molecule has 2 rings (SSSR count). The standard InChI is InChI=1S/C27H42N2O2/c1-18-11-24(12-19(2)26(18)30-22(5)16-28(7)8)15-25-13-20(3)27(21(4)14-25)31-23(6)17-29(9)10/h11-14,22-23H,15-17H2,1-10H3. The number of nitrogens with zero attached hydrogens (tertiary/aromatic N) is 2. The maximum absolute atomic E-state index is 6.25. The van der Waals surface area contributed by atoms with Gasteiger partial charge in [0.1, 0.15) is 23.7 Å². The SMILES string of the molecule is Cc1cc(Cc2cc(C)c(OC(C)CN(C)C)c(C)c2)cc(C)c1OC(C)CN(C)C. The molecule has 4 nitrogen and oxygen atoms in total.